The van der Waals surface area contributed by atoms with E-state index in [0.29, 0.717) is 0 Å². The minimum atomic E-state index is 0.103. The highest BCUT2D eigenvalue weighted by atomic mass is 79.9. The van der Waals surface area contributed by atoms with E-state index in [0.717, 1.165) is 32.3 Å². The van der Waals surface area contributed by atoms with E-state index in [4.69, 9.17) is 0 Å². The Kier molecular flexibility index (Phi) is 4.38. The maximum Gasteiger partial charge on any atom is 0.194 e. The van der Waals surface area contributed by atoms with Crippen LogP contribution in [-0.4, -0.2) is 5.78 Å². The minimum Gasteiger partial charge on any atom is -0.289 e. The molecule has 0 N–H and O–H groups in total. The molecule has 21 heavy (non-hydrogen) atoms. The molecule has 0 aromatic heterocycles. The van der Waals surface area contributed by atoms with Crippen LogP contribution in [0.15, 0.2) is 22.7 Å². The van der Waals surface area contributed by atoms with Gasteiger partial charge in [0.05, 0.1) is 0 Å². The Bertz CT molecular complexity index is 713. The van der Waals surface area contributed by atoms with Crippen LogP contribution in [0, 0.1) is 41.5 Å². The molecule has 0 radical (unpaired) electrons. The topological polar surface area (TPSA) is 17.1 Å². The number of carbonyl (C=O) groups is 1. The zero-order valence-corrected chi connectivity index (χ0v) is 15.1. The molecule has 0 atom stereocenters. The lowest BCUT2D eigenvalue weighted by Gasteiger charge is -2.18. The molecule has 0 amide bonds. The summed E-state index contributed by atoms with van der Waals surface area (Å²) in [7, 11) is 0. The Morgan fingerprint density at radius 3 is 1.81 bits per heavy atom. The first-order chi connectivity index (χ1) is 9.75. The summed E-state index contributed by atoms with van der Waals surface area (Å²) in [6.07, 6.45) is 0. The number of carbonyl (C=O) groups excluding carboxylic acids is 1. The van der Waals surface area contributed by atoms with Gasteiger partial charge in [0.15, 0.2) is 5.78 Å². The first kappa shape index (κ1) is 16.0. The second-order valence-electron chi connectivity index (χ2n) is 5.81. The lowest BCUT2D eigenvalue weighted by molar-refractivity contribution is 0.103. The Hall–Kier alpha value is -1.41. The molecule has 0 heterocycles. The Morgan fingerprint density at radius 1 is 0.810 bits per heavy atom. The zero-order chi connectivity index (χ0) is 15.9. The fourth-order valence-electron chi connectivity index (χ4n) is 2.79. The van der Waals surface area contributed by atoms with Crippen LogP contribution in [0.4, 0.5) is 0 Å². The first-order valence-corrected chi connectivity index (χ1v) is 7.92. The fourth-order valence-corrected chi connectivity index (χ4v) is 3.22. The zero-order valence-electron chi connectivity index (χ0n) is 13.5. The minimum absolute atomic E-state index is 0.103. The lowest BCUT2D eigenvalue weighted by atomic mass is 9.86. The number of aryl methyl sites for hydroxylation is 1. The molecule has 2 rings (SSSR count). The number of benzene rings is 2. The highest BCUT2D eigenvalue weighted by molar-refractivity contribution is 9.10. The maximum atomic E-state index is 13.0. The molecular formula is C19H21BrO. The van der Waals surface area contributed by atoms with E-state index in [1.54, 1.807) is 0 Å². The van der Waals surface area contributed by atoms with Crippen molar-refractivity contribution in [3.8, 4) is 0 Å². The largest absolute Gasteiger partial charge is 0.289 e. The van der Waals surface area contributed by atoms with Crippen molar-refractivity contribution >= 4 is 21.7 Å². The van der Waals surface area contributed by atoms with Gasteiger partial charge in [-0.3, -0.25) is 4.79 Å². The van der Waals surface area contributed by atoms with Gasteiger partial charge in [0.2, 0.25) is 0 Å². The van der Waals surface area contributed by atoms with Crippen molar-refractivity contribution < 1.29 is 4.79 Å². The van der Waals surface area contributed by atoms with E-state index in [-0.39, 0.29) is 5.78 Å². The summed E-state index contributed by atoms with van der Waals surface area (Å²) >= 11 is 3.51. The SMILES string of the molecule is Cc1ccc(Br)c(C(=O)c2c(C)c(C)c(C)c(C)c2C)c1. The van der Waals surface area contributed by atoms with E-state index in [1.807, 2.05) is 39.0 Å². The molecule has 0 fully saturated rings. The second-order valence-corrected chi connectivity index (χ2v) is 6.67. The molecule has 1 nitrogen and oxygen atoms in total. The summed E-state index contributed by atoms with van der Waals surface area (Å²) in [4.78, 5) is 13.0. The van der Waals surface area contributed by atoms with Crippen LogP contribution in [0.25, 0.3) is 0 Å². The quantitative estimate of drug-likeness (QED) is 0.654. The number of hydrogen-bond acceptors (Lipinski definition) is 1. The predicted molar refractivity (Wildman–Crippen MR) is 92.4 cm³/mol. The van der Waals surface area contributed by atoms with Gasteiger partial charge in [-0.25, -0.2) is 0 Å². The fraction of sp³-hybridized carbons (Fsp3) is 0.316. The Morgan fingerprint density at radius 2 is 1.29 bits per heavy atom. The summed E-state index contributed by atoms with van der Waals surface area (Å²) < 4.78 is 0.854. The summed E-state index contributed by atoms with van der Waals surface area (Å²) in [5, 5.41) is 0. The summed E-state index contributed by atoms with van der Waals surface area (Å²) in [5.74, 6) is 0.103. The highest BCUT2D eigenvalue weighted by Gasteiger charge is 2.21. The predicted octanol–water partition coefficient (Wildman–Crippen LogP) is 5.53. The third-order valence-corrected chi connectivity index (χ3v) is 5.29. The van der Waals surface area contributed by atoms with Crippen molar-refractivity contribution in [3.63, 3.8) is 0 Å². The van der Waals surface area contributed by atoms with E-state index < -0.39 is 0 Å². The molecular weight excluding hydrogens is 324 g/mol. The summed E-state index contributed by atoms with van der Waals surface area (Å²) in [6, 6.07) is 5.91. The van der Waals surface area contributed by atoms with Crippen LogP contribution in [-0.2, 0) is 0 Å². The van der Waals surface area contributed by atoms with Gasteiger partial charge in [0.1, 0.15) is 0 Å². The molecule has 0 spiro atoms. The van der Waals surface area contributed by atoms with Crippen LogP contribution < -0.4 is 0 Å². The van der Waals surface area contributed by atoms with Crippen LogP contribution in [0.5, 0.6) is 0 Å². The number of rotatable bonds is 2. The van der Waals surface area contributed by atoms with Crippen molar-refractivity contribution in [1.29, 1.82) is 0 Å². The number of hydrogen-bond donors (Lipinski definition) is 0. The smallest absolute Gasteiger partial charge is 0.194 e. The van der Waals surface area contributed by atoms with Gasteiger partial charge in [-0.15, -0.1) is 0 Å². The molecule has 2 aromatic rings. The molecule has 0 saturated carbocycles. The summed E-state index contributed by atoms with van der Waals surface area (Å²) in [6.45, 7) is 12.4. The highest BCUT2D eigenvalue weighted by Crippen LogP contribution is 2.30. The first-order valence-electron chi connectivity index (χ1n) is 7.13. The van der Waals surface area contributed by atoms with Crippen molar-refractivity contribution in [2.45, 2.75) is 41.5 Å². The van der Waals surface area contributed by atoms with Crippen molar-refractivity contribution in [2.24, 2.45) is 0 Å². The molecule has 0 aliphatic rings. The van der Waals surface area contributed by atoms with Crippen LogP contribution in [0.2, 0.25) is 0 Å². The van der Waals surface area contributed by atoms with E-state index in [1.165, 1.54) is 16.7 Å². The molecule has 0 aliphatic heterocycles. The van der Waals surface area contributed by atoms with Crippen molar-refractivity contribution in [2.75, 3.05) is 0 Å². The van der Waals surface area contributed by atoms with E-state index in [2.05, 4.69) is 36.7 Å². The molecule has 0 aliphatic carbocycles. The van der Waals surface area contributed by atoms with Gasteiger partial charge >= 0.3 is 0 Å². The second kappa shape index (κ2) is 5.76. The Balaban J connectivity index is 2.73. The van der Waals surface area contributed by atoms with Gasteiger partial charge in [0, 0.05) is 15.6 Å². The van der Waals surface area contributed by atoms with Gasteiger partial charge in [-0.1, -0.05) is 27.6 Å². The standard InChI is InChI=1S/C19H21BrO/c1-10-7-8-17(20)16(9-10)19(21)18-14(5)12(3)11(2)13(4)15(18)6/h7-9H,1-6H3. The van der Waals surface area contributed by atoms with Crippen LogP contribution in [0.1, 0.15) is 49.3 Å². The third-order valence-electron chi connectivity index (χ3n) is 4.59. The molecule has 110 valence electrons. The van der Waals surface area contributed by atoms with E-state index in [9.17, 15) is 4.79 Å². The van der Waals surface area contributed by atoms with Gasteiger partial charge in [-0.2, -0.15) is 0 Å². The van der Waals surface area contributed by atoms with Crippen molar-refractivity contribution in [1.82, 2.24) is 0 Å². The average Bonchev–Trinajstić information content (AvgIpc) is 2.45. The monoisotopic (exact) mass is 344 g/mol. The van der Waals surface area contributed by atoms with E-state index >= 15 is 0 Å². The van der Waals surface area contributed by atoms with Crippen molar-refractivity contribution in [3.05, 3.63) is 67.2 Å². The Labute approximate surface area is 135 Å². The van der Waals surface area contributed by atoms with Gasteiger partial charge in [-0.05, 0) is 81.5 Å². The summed E-state index contributed by atoms with van der Waals surface area (Å²) in [5.41, 5.74) is 8.58. The average molecular weight is 345 g/mol. The van der Waals surface area contributed by atoms with Crippen LogP contribution in [0.3, 0.4) is 0 Å². The normalized spacial score (nSPS) is 10.8. The maximum absolute atomic E-state index is 13.0. The third kappa shape index (κ3) is 2.69. The van der Waals surface area contributed by atoms with Gasteiger partial charge < -0.3 is 0 Å². The molecule has 0 unspecified atom stereocenters. The molecule has 0 bridgehead atoms. The number of ketones is 1. The molecule has 2 heteroatoms. The van der Waals surface area contributed by atoms with Crippen LogP contribution >= 0.6 is 15.9 Å². The van der Waals surface area contributed by atoms with Gasteiger partial charge in [0.25, 0.3) is 0 Å². The molecule has 0 saturated heterocycles. The lowest BCUT2D eigenvalue weighted by Crippen LogP contribution is -2.11. The number of halogens is 1. The molecule has 2 aromatic carbocycles.